The fourth-order valence-electron chi connectivity index (χ4n) is 2.56. The minimum absolute atomic E-state index is 0.210. The van der Waals surface area contributed by atoms with E-state index in [4.69, 9.17) is 0 Å². The zero-order valence-corrected chi connectivity index (χ0v) is 10.8. The fourth-order valence-corrected chi connectivity index (χ4v) is 2.56. The normalized spacial score (nSPS) is 17.2. The lowest BCUT2D eigenvalue weighted by atomic mass is 10.2. The molecule has 1 heterocycles. The molecule has 0 radical (unpaired) electrons. The maximum absolute atomic E-state index is 10.2. The number of imidazole rings is 1. The number of nitrogens with zero attached hydrogens (tertiary/aromatic N) is 2. The number of benzene rings is 1. The number of hydrogen-bond acceptors (Lipinski definition) is 2. The van der Waals surface area contributed by atoms with Gasteiger partial charge in [-0.2, -0.15) is 0 Å². The van der Waals surface area contributed by atoms with Crippen LogP contribution in [0, 0.1) is 5.92 Å². The predicted octanol–water partition coefficient (Wildman–Crippen LogP) is 2.76. The molecule has 1 fully saturated rings. The molecule has 1 N–H and O–H groups in total. The number of aliphatic hydroxyl groups is 1. The quantitative estimate of drug-likeness (QED) is 0.878. The van der Waals surface area contributed by atoms with Crippen LogP contribution in [0.4, 0.5) is 0 Å². The third-order valence-corrected chi connectivity index (χ3v) is 3.74. The molecule has 3 rings (SSSR count). The van der Waals surface area contributed by atoms with Gasteiger partial charge in [0.05, 0.1) is 23.7 Å². The molecule has 1 atom stereocenters. The Morgan fingerprint density at radius 3 is 2.89 bits per heavy atom. The summed E-state index contributed by atoms with van der Waals surface area (Å²) < 4.78 is 2.21. The zero-order chi connectivity index (χ0) is 12.5. The summed E-state index contributed by atoms with van der Waals surface area (Å²) in [5.41, 5.74) is 2.20. The first-order valence-corrected chi connectivity index (χ1v) is 6.91. The summed E-state index contributed by atoms with van der Waals surface area (Å²) >= 11 is 0. The number of rotatable bonds is 5. The molecule has 0 aliphatic heterocycles. The third kappa shape index (κ3) is 2.15. The molecule has 1 aromatic heterocycles. The monoisotopic (exact) mass is 244 g/mol. The van der Waals surface area contributed by atoms with Crippen LogP contribution in [0.2, 0.25) is 0 Å². The summed E-state index contributed by atoms with van der Waals surface area (Å²) in [7, 11) is 0. The first-order valence-electron chi connectivity index (χ1n) is 6.91. The van der Waals surface area contributed by atoms with E-state index in [1.54, 1.807) is 0 Å². The number of aromatic nitrogens is 2. The van der Waals surface area contributed by atoms with Crippen LogP contribution in [0.15, 0.2) is 24.3 Å². The van der Waals surface area contributed by atoms with Crippen molar-refractivity contribution >= 4 is 11.0 Å². The van der Waals surface area contributed by atoms with Gasteiger partial charge < -0.3 is 9.67 Å². The average molecular weight is 244 g/mol. The highest BCUT2D eigenvalue weighted by atomic mass is 16.3. The summed E-state index contributed by atoms with van der Waals surface area (Å²) in [6, 6.07) is 8.21. The van der Waals surface area contributed by atoms with Crippen molar-refractivity contribution < 1.29 is 5.11 Å². The minimum Gasteiger partial charge on any atom is -0.391 e. The second-order valence-corrected chi connectivity index (χ2v) is 5.28. The van der Waals surface area contributed by atoms with Gasteiger partial charge in [0, 0.05) is 6.42 Å². The molecule has 3 heteroatoms. The summed E-state index contributed by atoms with van der Waals surface area (Å²) in [6.45, 7) is 2.86. The molecule has 0 spiro atoms. The molecule has 0 saturated heterocycles. The van der Waals surface area contributed by atoms with Gasteiger partial charge in [0.25, 0.3) is 0 Å². The molecule has 1 aliphatic carbocycles. The van der Waals surface area contributed by atoms with Gasteiger partial charge in [-0.1, -0.05) is 19.1 Å². The van der Waals surface area contributed by atoms with Gasteiger partial charge in [0.15, 0.2) is 0 Å². The fraction of sp³-hybridized carbons (Fsp3) is 0.533. The van der Waals surface area contributed by atoms with E-state index >= 15 is 0 Å². The van der Waals surface area contributed by atoms with E-state index in [0.717, 1.165) is 29.7 Å². The van der Waals surface area contributed by atoms with Crippen LogP contribution in [0.3, 0.4) is 0 Å². The molecule has 0 amide bonds. The van der Waals surface area contributed by atoms with Gasteiger partial charge in [-0.15, -0.1) is 0 Å². The Bertz CT molecular complexity index is 542. The highest BCUT2D eigenvalue weighted by molar-refractivity contribution is 5.75. The summed E-state index contributed by atoms with van der Waals surface area (Å²) in [5.74, 6) is 1.62. The van der Waals surface area contributed by atoms with Gasteiger partial charge in [0.1, 0.15) is 5.82 Å². The van der Waals surface area contributed by atoms with Crippen molar-refractivity contribution in [2.75, 3.05) is 0 Å². The highest BCUT2D eigenvalue weighted by Crippen LogP contribution is 2.33. The first-order chi connectivity index (χ1) is 8.79. The Hall–Kier alpha value is -1.35. The number of fused-ring (bicyclic) bond motifs is 1. The summed E-state index contributed by atoms with van der Waals surface area (Å²) in [4.78, 5) is 4.69. The number of aryl methyl sites for hydroxylation is 1. The molecule has 96 valence electrons. The van der Waals surface area contributed by atoms with Crippen molar-refractivity contribution in [3.05, 3.63) is 30.1 Å². The van der Waals surface area contributed by atoms with Crippen molar-refractivity contribution in [1.82, 2.24) is 9.55 Å². The molecule has 1 aromatic carbocycles. The van der Waals surface area contributed by atoms with Crippen LogP contribution in [0.25, 0.3) is 11.0 Å². The Labute approximate surface area is 107 Å². The van der Waals surface area contributed by atoms with Crippen LogP contribution in [-0.4, -0.2) is 20.8 Å². The van der Waals surface area contributed by atoms with Gasteiger partial charge in [-0.25, -0.2) is 4.98 Å². The molecule has 1 saturated carbocycles. The number of aliphatic hydroxyl groups excluding tert-OH is 1. The van der Waals surface area contributed by atoms with Gasteiger partial charge in [-0.3, -0.25) is 0 Å². The average Bonchev–Trinajstić information content (AvgIpc) is 3.16. The maximum Gasteiger partial charge on any atom is 0.109 e. The third-order valence-electron chi connectivity index (χ3n) is 3.74. The zero-order valence-electron chi connectivity index (χ0n) is 10.8. The van der Waals surface area contributed by atoms with Crippen molar-refractivity contribution in [3.63, 3.8) is 0 Å². The van der Waals surface area contributed by atoms with Crippen molar-refractivity contribution in [2.45, 2.75) is 45.3 Å². The Morgan fingerprint density at radius 2 is 2.17 bits per heavy atom. The van der Waals surface area contributed by atoms with Crippen molar-refractivity contribution in [3.8, 4) is 0 Å². The van der Waals surface area contributed by atoms with Crippen LogP contribution in [0.5, 0.6) is 0 Å². The maximum atomic E-state index is 10.2. The molecule has 18 heavy (non-hydrogen) atoms. The predicted molar refractivity (Wildman–Crippen MR) is 72.5 cm³/mol. The standard InChI is InChI=1S/C15H20N2O/c1-2-5-15-16-12-6-3-4-7-13(12)17(15)10-14(18)11-8-9-11/h3-4,6-7,11,14,18H,2,5,8-10H2,1H3. The molecule has 1 unspecified atom stereocenters. The van der Waals surface area contributed by atoms with E-state index in [1.165, 1.54) is 12.8 Å². The van der Waals surface area contributed by atoms with Crippen LogP contribution >= 0.6 is 0 Å². The van der Waals surface area contributed by atoms with Crippen molar-refractivity contribution in [1.29, 1.82) is 0 Å². The van der Waals surface area contributed by atoms with E-state index in [2.05, 4.69) is 28.6 Å². The SMILES string of the molecule is CCCc1nc2ccccc2n1CC(O)C1CC1. The van der Waals surface area contributed by atoms with Gasteiger partial charge >= 0.3 is 0 Å². The second-order valence-electron chi connectivity index (χ2n) is 5.28. The van der Waals surface area contributed by atoms with E-state index in [9.17, 15) is 5.11 Å². The lowest BCUT2D eigenvalue weighted by Gasteiger charge is -2.13. The van der Waals surface area contributed by atoms with E-state index < -0.39 is 0 Å². The minimum atomic E-state index is -0.210. The lowest BCUT2D eigenvalue weighted by Crippen LogP contribution is -2.19. The summed E-state index contributed by atoms with van der Waals surface area (Å²) in [6.07, 6.45) is 4.21. The molecule has 2 aromatic rings. The van der Waals surface area contributed by atoms with Crippen LogP contribution in [0.1, 0.15) is 32.0 Å². The second kappa shape index (κ2) is 4.73. The molecule has 0 bridgehead atoms. The topological polar surface area (TPSA) is 38.0 Å². The molecule has 1 aliphatic rings. The number of para-hydroxylation sites is 2. The smallest absolute Gasteiger partial charge is 0.109 e. The van der Waals surface area contributed by atoms with E-state index in [0.29, 0.717) is 12.5 Å². The Kier molecular flexibility index (Phi) is 3.08. The van der Waals surface area contributed by atoms with Crippen molar-refractivity contribution in [2.24, 2.45) is 5.92 Å². The Balaban J connectivity index is 1.97. The van der Waals surface area contributed by atoms with Crippen LogP contribution < -0.4 is 0 Å². The molecule has 3 nitrogen and oxygen atoms in total. The highest BCUT2D eigenvalue weighted by Gasteiger charge is 2.30. The summed E-state index contributed by atoms with van der Waals surface area (Å²) in [5, 5.41) is 10.2. The largest absolute Gasteiger partial charge is 0.391 e. The van der Waals surface area contributed by atoms with Gasteiger partial charge in [-0.05, 0) is 37.3 Å². The molecular formula is C15H20N2O. The molecular weight excluding hydrogens is 224 g/mol. The first kappa shape index (κ1) is 11.7. The number of hydrogen-bond donors (Lipinski definition) is 1. The van der Waals surface area contributed by atoms with Gasteiger partial charge in [0.2, 0.25) is 0 Å². The lowest BCUT2D eigenvalue weighted by molar-refractivity contribution is 0.131. The Morgan fingerprint density at radius 1 is 1.39 bits per heavy atom. The van der Waals surface area contributed by atoms with E-state index in [-0.39, 0.29) is 6.10 Å². The van der Waals surface area contributed by atoms with Crippen LogP contribution in [-0.2, 0) is 13.0 Å². The van der Waals surface area contributed by atoms with E-state index in [1.807, 2.05) is 12.1 Å².